The second-order valence-corrected chi connectivity index (χ2v) is 6.60. The molecule has 1 aromatic rings. The number of rotatable bonds is 6. The summed E-state index contributed by atoms with van der Waals surface area (Å²) in [7, 11) is 0. The van der Waals surface area contributed by atoms with Gasteiger partial charge < -0.3 is 10.1 Å². The molecule has 1 N–H and O–H groups in total. The molecule has 0 fully saturated rings. The van der Waals surface area contributed by atoms with Gasteiger partial charge in [-0.05, 0) is 36.5 Å². The van der Waals surface area contributed by atoms with Crippen LogP contribution in [0.3, 0.4) is 0 Å². The van der Waals surface area contributed by atoms with Crippen molar-refractivity contribution in [3.8, 4) is 5.75 Å². The van der Waals surface area contributed by atoms with E-state index in [1.165, 1.54) is 6.07 Å². The van der Waals surface area contributed by atoms with Crippen LogP contribution in [0.1, 0.15) is 46.1 Å². The van der Waals surface area contributed by atoms with Crippen LogP contribution < -0.4 is 10.1 Å². The maximum atomic E-state index is 13.2. The average molecular weight is 279 g/mol. The first-order valence-corrected chi connectivity index (χ1v) is 7.60. The smallest absolute Gasteiger partial charge is 0.123 e. The molecule has 0 aliphatic carbocycles. The molecule has 1 aliphatic heterocycles. The van der Waals surface area contributed by atoms with Gasteiger partial charge in [-0.3, -0.25) is 0 Å². The third kappa shape index (κ3) is 3.72. The number of ether oxygens (including phenoxy) is 1. The number of hydrogen-bond acceptors (Lipinski definition) is 2. The van der Waals surface area contributed by atoms with Gasteiger partial charge in [-0.15, -0.1) is 0 Å². The van der Waals surface area contributed by atoms with E-state index < -0.39 is 0 Å². The van der Waals surface area contributed by atoms with Crippen LogP contribution in [0.4, 0.5) is 4.39 Å². The Hall–Kier alpha value is -1.09. The molecule has 0 spiro atoms. The fourth-order valence-electron chi connectivity index (χ4n) is 2.74. The molecule has 2 unspecified atom stereocenters. The van der Waals surface area contributed by atoms with Crippen LogP contribution in [0.15, 0.2) is 18.2 Å². The summed E-state index contributed by atoms with van der Waals surface area (Å²) in [6.45, 7) is 9.85. The normalized spacial score (nSPS) is 20.6. The Balaban J connectivity index is 1.97. The Morgan fingerprint density at radius 2 is 2.20 bits per heavy atom. The first-order valence-electron chi connectivity index (χ1n) is 7.60. The number of hydrogen-bond donors (Lipinski definition) is 1. The van der Waals surface area contributed by atoms with Gasteiger partial charge in [-0.1, -0.05) is 27.7 Å². The Kier molecular flexibility index (Phi) is 4.69. The molecule has 2 atom stereocenters. The van der Waals surface area contributed by atoms with E-state index in [4.69, 9.17) is 4.74 Å². The molecule has 0 amide bonds. The molecule has 0 saturated heterocycles. The largest absolute Gasteiger partial charge is 0.490 e. The van der Waals surface area contributed by atoms with E-state index >= 15 is 0 Å². The molecule has 3 heteroatoms. The lowest BCUT2D eigenvalue weighted by molar-refractivity contribution is 0.138. The van der Waals surface area contributed by atoms with Crippen molar-refractivity contribution in [3.05, 3.63) is 29.6 Å². The number of halogens is 1. The quantitative estimate of drug-likeness (QED) is 0.852. The van der Waals surface area contributed by atoms with Crippen molar-refractivity contribution in [1.82, 2.24) is 5.32 Å². The molecule has 112 valence electrons. The molecule has 2 rings (SSSR count). The maximum absolute atomic E-state index is 13.2. The molecule has 1 aliphatic rings. The van der Waals surface area contributed by atoms with E-state index in [1.54, 1.807) is 12.1 Å². The minimum absolute atomic E-state index is 0.172. The van der Waals surface area contributed by atoms with Gasteiger partial charge >= 0.3 is 0 Å². The van der Waals surface area contributed by atoms with Crippen LogP contribution in [0.5, 0.6) is 5.75 Å². The van der Waals surface area contributed by atoms with E-state index in [1.807, 2.05) is 0 Å². The molecule has 1 heterocycles. The first kappa shape index (κ1) is 15.3. The predicted octanol–water partition coefficient (Wildman–Crippen LogP) is 3.93. The monoisotopic (exact) mass is 279 g/mol. The summed E-state index contributed by atoms with van der Waals surface area (Å²) < 4.78 is 19.2. The minimum atomic E-state index is -0.173. The summed E-state index contributed by atoms with van der Waals surface area (Å²) in [6.07, 6.45) is 3.10. The highest BCUT2D eigenvalue weighted by Gasteiger charge is 2.31. The molecule has 20 heavy (non-hydrogen) atoms. The van der Waals surface area contributed by atoms with Gasteiger partial charge in [0.25, 0.3) is 0 Å². The van der Waals surface area contributed by atoms with Crippen molar-refractivity contribution in [2.75, 3.05) is 6.54 Å². The van der Waals surface area contributed by atoms with Crippen LogP contribution in [0.25, 0.3) is 0 Å². The van der Waals surface area contributed by atoms with Gasteiger partial charge in [-0.25, -0.2) is 4.39 Å². The van der Waals surface area contributed by atoms with Crippen LogP contribution >= 0.6 is 0 Å². The zero-order valence-corrected chi connectivity index (χ0v) is 13.0. The van der Waals surface area contributed by atoms with Gasteiger partial charge in [0.15, 0.2) is 0 Å². The van der Waals surface area contributed by atoms with Crippen LogP contribution in [0.2, 0.25) is 0 Å². The Morgan fingerprint density at radius 3 is 2.85 bits per heavy atom. The second kappa shape index (κ2) is 6.13. The average Bonchev–Trinajstić information content (AvgIpc) is 2.77. The molecule has 0 aromatic heterocycles. The number of nitrogens with one attached hydrogen (secondary N) is 1. The third-order valence-corrected chi connectivity index (χ3v) is 4.27. The van der Waals surface area contributed by atoms with Crippen LogP contribution in [-0.4, -0.2) is 18.7 Å². The fourth-order valence-corrected chi connectivity index (χ4v) is 2.74. The van der Waals surface area contributed by atoms with Crippen molar-refractivity contribution in [2.24, 2.45) is 5.41 Å². The van der Waals surface area contributed by atoms with Gasteiger partial charge in [0, 0.05) is 24.6 Å². The zero-order chi connectivity index (χ0) is 14.8. The molecular weight excluding hydrogens is 253 g/mol. The predicted molar refractivity (Wildman–Crippen MR) is 80.7 cm³/mol. The van der Waals surface area contributed by atoms with E-state index in [2.05, 4.69) is 33.0 Å². The lowest BCUT2D eigenvalue weighted by Gasteiger charge is -2.32. The minimum Gasteiger partial charge on any atom is -0.490 e. The summed E-state index contributed by atoms with van der Waals surface area (Å²) in [5.41, 5.74) is 1.22. The second-order valence-electron chi connectivity index (χ2n) is 6.60. The first-order chi connectivity index (χ1) is 9.42. The standard InChI is InChI=1S/C17H26FNO/c1-5-17(4,11-19-12(2)3)10-15-9-13-8-14(18)6-7-16(13)20-15/h6-8,12,15,19H,5,9-11H2,1-4H3. The topological polar surface area (TPSA) is 21.3 Å². The van der Waals surface area contributed by atoms with Crippen molar-refractivity contribution >= 4 is 0 Å². The Labute approximate surface area is 121 Å². The van der Waals surface area contributed by atoms with E-state index in [0.29, 0.717) is 6.04 Å². The van der Waals surface area contributed by atoms with E-state index in [9.17, 15) is 4.39 Å². The van der Waals surface area contributed by atoms with Crippen molar-refractivity contribution in [3.63, 3.8) is 0 Å². The Bertz CT molecular complexity index is 460. The third-order valence-electron chi connectivity index (χ3n) is 4.27. The Morgan fingerprint density at radius 1 is 1.45 bits per heavy atom. The van der Waals surface area contributed by atoms with Crippen molar-refractivity contribution < 1.29 is 9.13 Å². The van der Waals surface area contributed by atoms with Crippen molar-refractivity contribution in [1.29, 1.82) is 0 Å². The van der Waals surface area contributed by atoms with Gasteiger partial charge in [0.1, 0.15) is 17.7 Å². The summed E-state index contributed by atoms with van der Waals surface area (Å²) in [4.78, 5) is 0. The maximum Gasteiger partial charge on any atom is 0.123 e. The zero-order valence-electron chi connectivity index (χ0n) is 13.0. The molecule has 0 bridgehead atoms. The summed E-state index contributed by atoms with van der Waals surface area (Å²) in [5, 5.41) is 3.53. The number of benzene rings is 1. The summed E-state index contributed by atoms with van der Waals surface area (Å²) >= 11 is 0. The van der Waals surface area contributed by atoms with Gasteiger partial charge in [-0.2, -0.15) is 0 Å². The van der Waals surface area contributed by atoms with Gasteiger partial charge in [0.2, 0.25) is 0 Å². The van der Waals surface area contributed by atoms with Crippen molar-refractivity contribution in [2.45, 2.75) is 59.1 Å². The van der Waals surface area contributed by atoms with E-state index in [0.717, 1.165) is 37.1 Å². The molecule has 1 aromatic carbocycles. The summed E-state index contributed by atoms with van der Waals surface area (Å²) in [6, 6.07) is 5.32. The highest BCUT2D eigenvalue weighted by Crippen LogP contribution is 2.36. The van der Waals surface area contributed by atoms with Gasteiger partial charge in [0.05, 0.1) is 0 Å². The number of fused-ring (bicyclic) bond motifs is 1. The van der Waals surface area contributed by atoms with Crippen LogP contribution in [0, 0.1) is 11.2 Å². The highest BCUT2D eigenvalue weighted by molar-refractivity contribution is 5.37. The molecular formula is C17H26FNO. The van der Waals surface area contributed by atoms with E-state index in [-0.39, 0.29) is 17.3 Å². The SMILES string of the molecule is CCC(C)(CNC(C)C)CC1Cc2cc(F)ccc2O1. The lowest BCUT2D eigenvalue weighted by atomic mass is 9.81. The molecule has 0 saturated carbocycles. The summed E-state index contributed by atoms with van der Waals surface area (Å²) in [5.74, 6) is 0.680. The molecule has 0 radical (unpaired) electrons. The molecule has 2 nitrogen and oxygen atoms in total. The highest BCUT2D eigenvalue weighted by atomic mass is 19.1. The fraction of sp³-hybridized carbons (Fsp3) is 0.647. The lowest BCUT2D eigenvalue weighted by Crippen LogP contribution is -2.38. The van der Waals surface area contributed by atoms with Crippen LogP contribution in [-0.2, 0) is 6.42 Å².